The summed E-state index contributed by atoms with van der Waals surface area (Å²) < 4.78 is 8.15. The van der Waals surface area contributed by atoms with Gasteiger partial charge in [0.05, 0.1) is 28.5 Å². The standard InChI is InChI=1S/C12H18BrN3O2/c1-8(11-4-3-5-18-11)15-12(17)7-16-9(2)10(13)6-14-16/h6,8,11H,3-5,7H2,1-2H3,(H,15,17)/t8-,11-/m1/s1. The van der Waals surface area contributed by atoms with Crippen LogP contribution in [0.3, 0.4) is 0 Å². The monoisotopic (exact) mass is 315 g/mol. The molecule has 0 radical (unpaired) electrons. The van der Waals surface area contributed by atoms with Gasteiger partial charge in [-0.2, -0.15) is 5.10 Å². The lowest BCUT2D eigenvalue weighted by molar-refractivity contribution is -0.123. The van der Waals surface area contributed by atoms with Crippen LogP contribution in [-0.2, 0) is 16.1 Å². The van der Waals surface area contributed by atoms with Crippen molar-refractivity contribution < 1.29 is 9.53 Å². The Labute approximate surface area is 115 Å². The number of hydrogen-bond acceptors (Lipinski definition) is 3. The van der Waals surface area contributed by atoms with Gasteiger partial charge < -0.3 is 10.1 Å². The van der Waals surface area contributed by atoms with E-state index in [0.29, 0.717) is 0 Å². The lowest BCUT2D eigenvalue weighted by atomic mass is 10.1. The highest BCUT2D eigenvalue weighted by molar-refractivity contribution is 9.10. The van der Waals surface area contributed by atoms with E-state index in [2.05, 4.69) is 26.3 Å². The summed E-state index contributed by atoms with van der Waals surface area (Å²) >= 11 is 3.38. The van der Waals surface area contributed by atoms with Gasteiger partial charge in [0.2, 0.25) is 5.91 Å². The quantitative estimate of drug-likeness (QED) is 0.919. The van der Waals surface area contributed by atoms with Gasteiger partial charge >= 0.3 is 0 Å². The van der Waals surface area contributed by atoms with Crippen LogP contribution in [0.2, 0.25) is 0 Å². The molecule has 6 heteroatoms. The molecule has 0 unspecified atom stereocenters. The van der Waals surface area contributed by atoms with E-state index in [1.165, 1.54) is 0 Å². The smallest absolute Gasteiger partial charge is 0.242 e. The molecule has 18 heavy (non-hydrogen) atoms. The highest BCUT2D eigenvalue weighted by Crippen LogP contribution is 2.16. The first-order valence-electron chi connectivity index (χ1n) is 6.17. The number of carbonyl (C=O) groups excluding carboxylic acids is 1. The van der Waals surface area contributed by atoms with Crippen LogP contribution >= 0.6 is 15.9 Å². The van der Waals surface area contributed by atoms with Crippen molar-refractivity contribution >= 4 is 21.8 Å². The van der Waals surface area contributed by atoms with E-state index in [-0.39, 0.29) is 24.6 Å². The first-order chi connectivity index (χ1) is 8.58. The van der Waals surface area contributed by atoms with E-state index in [1.807, 2.05) is 13.8 Å². The topological polar surface area (TPSA) is 56.2 Å². The normalized spacial score (nSPS) is 20.9. The summed E-state index contributed by atoms with van der Waals surface area (Å²) in [4.78, 5) is 11.9. The van der Waals surface area contributed by atoms with Gasteiger partial charge in [-0.15, -0.1) is 0 Å². The Bertz CT molecular complexity index is 427. The molecule has 1 N–H and O–H groups in total. The highest BCUT2D eigenvalue weighted by atomic mass is 79.9. The van der Waals surface area contributed by atoms with Crippen LogP contribution in [0.5, 0.6) is 0 Å². The molecule has 0 saturated carbocycles. The zero-order chi connectivity index (χ0) is 13.1. The number of amides is 1. The molecule has 1 saturated heterocycles. The van der Waals surface area contributed by atoms with Gasteiger partial charge in [-0.05, 0) is 42.6 Å². The molecule has 2 heterocycles. The summed E-state index contributed by atoms with van der Waals surface area (Å²) in [5.41, 5.74) is 0.954. The van der Waals surface area contributed by atoms with Crippen LogP contribution in [0.4, 0.5) is 0 Å². The highest BCUT2D eigenvalue weighted by Gasteiger charge is 2.23. The van der Waals surface area contributed by atoms with Crippen LogP contribution in [0.1, 0.15) is 25.5 Å². The minimum Gasteiger partial charge on any atom is -0.376 e. The molecule has 1 aromatic heterocycles. The van der Waals surface area contributed by atoms with Crippen molar-refractivity contribution in [2.45, 2.75) is 45.4 Å². The van der Waals surface area contributed by atoms with E-state index in [9.17, 15) is 4.79 Å². The number of halogens is 1. The number of hydrogen-bond donors (Lipinski definition) is 1. The average molecular weight is 316 g/mol. The molecule has 2 rings (SSSR count). The summed E-state index contributed by atoms with van der Waals surface area (Å²) in [6.45, 7) is 4.96. The van der Waals surface area contributed by atoms with Crippen LogP contribution in [0.15, 0.2) is 10.7 Å². The Morgan fingerprint density at radius 3 is 3.11 bits per heavy atom. The largest absolute Gasteiger partial charge is 0.376 e. The number of carbonyl (C=O) groups is 1. The molecule has 1 aliphatic rings. The molecule has 0 aromatic carbocycles. The van der Waals surface area contributed by atoms with E-state index >= 15 is 0 Å². The third kappa shape index (κ3) is 3.11. The van der Waals surface area contributed by atoms with E-state index in [0.717, 1.165) is 29.6 Å². The molecule has 5 nitrogen and oxygen atoms in total. The van der Waals surface area contributed by atoms with E-state index in [1.54, 1.807) is 10.9 Å². The molecule has 0 bridgehead atoms. The maximum Gasteiger partial charge on any atom is 0.242 e. The third-order valence-electron chi connectivity index (χ3n) is 3.25. The lowest BCUT2D eigenvalue weighted by Gasteiger charge is -2.20. The second kappa shape index (κ2) is 5.84. The molecule has 0 spiro atoms. The summed E-state index contributed by atoms with van der Waals surface area (Å²) in [7, 11) is 0. The molecular weight excluding hydrogens is 298 g/mol. The van der Waals surface area contributed by atoms with Crippen molar-refractivity contribution in [1.29, 1.82) is 0 Å². The molecule has 0 aliphatic carbocycles. The van der Waals surface area contributed by atoms with Crippen molar-refractivity contribution in [2.24, 2.45) is 0 Å². The molecule has 1 aromatic rings. The van der Waals surface area contributed by atoms with Crippen LogP contribution in [-0.4, -0.2) is 34.4 Å². The predicted octanol–water partition coefficient (Wildman–Crippen LogP) is 1.64. The van der Waals surface area contributed by atoms with Gasteiger partial charge in [-0.1, -0.05) is 0 Å². The summed E-state index contributed by atoms with van der Waals surface area (Å²) in [5.74, 6) is -0.0308. The Hall–Kier alpha value is -0.880. The minimum atomic E-state index is -0.0308. The predicted molar refractivity (Wildman–Crippen MR) is 71.2 cm³/mol. The van der Waals surface area contributed by atoms with Gasteiger partial charge in [0.1, 0.15) is 6.54 Å². The maximum absolute atomic E-state index is 11.9. The van der Waals surface area contributed by atoms with Crippen molar-refractivity contribution in [2.75, 3.05) is 6.61 Å². The van der Waals surface area contributed by atoms with Crippen LogP contribution < -0.4 is 5.32 Å². The summed E-state index contributed by atoms with van der Waals surface area (Å²) in [6, 6.07) is 0.0549. The Kier molecular flexibility index (Phi) is 4.40. The Balaban J connectivity index is 1.86. The molecule has 2 atom stereocenters. The average Bonchev–Trinajstić information content (AvgIpc) is 2.94. The Morgan fingerprint density at radius 2 is 2.56 bits per heavy atom. The SMILES string of the molecule is Cc1c(Br)cnn1CC(=O)N[C@H](C)[C@H]1CCCO1. The number of nitrogens with zero attached hydrogens (tertiary/aromatic N) is 2. The zero-order valence-corrected chi connectivity index (χ0v) is 12.2. The summed E-state index contributed by atoms with van der Waals surface area (Å²) in [6.07, 6.45) is 3.95. The van der Waals surface area contributed by atoms with Gasteiger partial charge in [-0.25, -0.2) is 0 Å². The van der Waals surface area contributed by atoms with Gasteiger partial charge in [-0.3, -0.25) is 9.48 Å². The van der Waals surface area contributed by atoms with Gasteiger partial charge in [0.15, 0.2) is 0 Å². The zero-order valence-electron chi connectivity index (χ0n) is 10.6. The minimum absolute atomic E-state index is 0.0308. The fraction of sp³-hybridized carbons (Fsp3) is 0.667. The fourth-order valence-corrected chi connectivity index (χ4v) is 2.40. The number of ether oxygens (including phenoxy) is 1. The summed E-state index contributed by atoms with van der Waals surface area (Å²) in [5, 5.41) is 7.10. The number of nitrogens with one attached hydrogen (secondary N) is 1. The third-order valence-corrected chi connectivity index (χ3v) is 4.03. The first-order valence-corrected chi connectivity index (χ1v) is 6.96. The van der Waals surface area contributed by atoms with Crippen molar-refractivity contribution in [3.8, 4) is 0 Å². The van der Waals surface area contributed by atoms with Gasteiger partial charge in [0, 0.05) is 6.61 Å². The first kappa shape index (κ1) is 13.5. The van der Waals surface area contributed by atoms with Crippen LogP contribution in [0, 0.1) is 6.92 Å². The van der Waals surface area contributed by atoms with Crippen molar-refractivity contribution in [1.82, 2.24) is 15.1 Å². The van der Waals surface area contributed by atoms with Gasteiger partial charge in [0.25, 0.3) is 0 Å². The Morgan fingerprint density at radius 1 is 1.78 bits per heavy atom. The second-order valence-electron chi connectivity index (χ2n) is 4.64. The lowest BCUT2D eigenvalue weighted by Crippen LogP contribution is -2.42. The van der Waals surface area contributed by atoms with E-state index < -0.39 is 0 Å². The number of aromatic nitrogens is 2. The molecule has 1 fully saturated rings. The molecule has 1 amide bonds. The van der Waals surface area contributed by atoms with E-state index in [4.69, 9.17) is 4.74 Å². The molecular formula is C12H18BrN3O2. The fourth-order valence-electron chi connectivity index (χ4n) is 2.11. The van der Waals surface area contributed by atoms with Crippen LogP contribution in [0.25, 0.3) is 0 Å². The number of rotatable bonds is 4. The maximum atomic E-state index is 11.9. The molecule has 100 valence electrons. The second-order valence-corrected chi connectivity index (χ2v) is 5.50. The molecule has 1 aliphatic heterocycles. The van der Waals surface area contributed by atoms with Crippen molar-refractivity contribution in [3.05, 3.63) is 16.4 Å². The van der Waals surface area contributed by atoms with Crippen molar-refractivity contribution in [3.63, 3.8) is 0 Å².